The Balaban J connectivity index is 1.91. The quantitative estimate of drug-likeness (QED) is 0.587. The number of carbonyl (C=O) groups excluding carboxylic acids is 1. The molecule has 3 atom stereocenters. The van der Waals surface area contributed by atoms with Gasteiger partial charge in [0.25, 0.3) is 0 Å². The van der Waals surface area contributed by atoms with E-state index in [0.29, 0.717) is 16.3 Å². The molecule has 3 unspecified atom stereocenters. The highest BCUT2D eigenvalue weighted by atomic mass is 35.5. The van der Waals surface area contributed by atoms with Gasteiger partial charge in [-0.05, 0) is 35.7 Å². The number of benzene rings is 2. The summed E-state index contributed by atoms with van der Waals surface area (Å²) in [5.41, 5.74) is 1.28. The van der Waals surface area contributed by atoms with E-state index in [1.807, 2.05) is 12.1 Å². The van der Waals surface area contributed by atoms with Crippen LogP contribution in [0.2, 0.25) is 5.02 Å². The minimum absolute atomic E-state index is 0.115. The highest BCUT2D eigenvalue weighted by molar-refractivity contribution is 7.90. The number of halogens is 1. The lowest BCUT2D eigenvalue weighted by molar-refractivity contribution is 0.201. The summed E-state index contributed by atoms with van der Waals surface area (Å²) in [6.07, 6.45) is 1.34. The molecule has 0 aromatic heterocycles. The maximum absolute atomic E-state index is 12.6. The van der Waals surface area contributed by atoms with Crippen molar-refractivity contribution in [2.75, 3.05) is 19.5 Å². The van der Waals surface area contributed by atoms with Crippen molar-refractivity contribution in [3.8, 4) is 5.75 Å². The predicted octanol–water partition coefficient (Wildman–Crippen LogP) is 2.61. The van der Waals surface area contributed by atoms with Crippen LogP contribution in [0.1, 0.15) is 28.8 Å². The summed E-state index contributed by atoms with van der Waals surface area (Å²) in [6, 6.07) is 12.6. The highest BCUT2D eigenvalue weighted by Gasteiger charge is 2.38. The molecule has 1 saturated heterocycles. The van der Waals surface area contributed by atoms with E-state index < -0.39 is 27.2 Å². The van der Waals surface area contributed by atoms with E-state index in [9.17, 15) is 13.2 Å². The molecule has 1 fully saturated rings. The van der Waals surface area contributed by atoms with Gasteiger partial charge in [-0.3, -0.25) is 0 Å². The topological polar surface area (TPSA) is 105 Å². The van der Waals surface area contributed by atoms with E-state index in [1.54, 1.807) is 36.4 Å². The molecule has 2 amide bonds. The molecule has 0 bridgehead atoms. The lowest BCUT2D eigenvalue weighted by Gasteiger charge is -2.24. The van der Waals surface area contributed by atoms with Crippen molar-refractivity contribution in [3.63, 3.8) is 0 Å². The summed E-state index contributed by atoms with van der Waals surface area (Å²) >= 11 is 6.30. The fourth-order valence-electron chi connectivity index (χ4n) is 3.51. The molecular weight excluding hydrogens is 416 g/mol. The van der Waals surface area contributed by atoms with Crippen molar-refractivity contribution in [3.05, 3.63) is 64.7 Å². The Morgan fingerprint density at radius 1 is 1.17 bits per heavy atom. The Morgan fingerprint density at radius 2 is 1.93 bits per heavy atom. The first-order valence-corrected chi connectivity index (χ1v) is 11.5. The van der Waals surface area contributed by atoms with Gasteiger partial charge in [0.1, 0.15) is 12.4 Å². The molecule has 29 heavy (non-hydrogen) atoms. The van der Waals surface area contributed by atoms with E-state index in [1.165, 1.54) is 6.26 Å². The van der Waals surface area contributed by atoms with Gasteiger partial charge in [0, 0.05) is 11.3 Å². The zero-order chi connectivity index (χ0) is 21.0. The Bertz CT molecular complexity index is 982. The molecule has 3 N–H and O–H groups in total. The lowest BCUT2D eigenvalue weighted by Crippen LogP contribution is -2.31. The van der Waals surface area contributed by atoms with Crippen LogP contribution in [-0.2, 0) is 9.84 Å². The molecule has 0 aliphatic carbocycles. The first kappa shape index (κ1) is 21.4. The molecule has 1 heterocycles. The van der Waals surface area contributed by atoms with Gasteiger partial charge in [-0.25, -0.2) is 13.2 Å². The molecule has 2 aromatic carbocycles. The zero-order valence-corrected chi connectivity index (χ0v) is 17.4. The SMILES string of the molecule is CS(=O)(=O)C(CC1NC(=O)NC1c1ccccc1Cl)c1cccc(OCCO)c1. The van der Waals surface area contributed by atoms with Crippen LogP contribution < -0.4 is 15.4 Å². The minimum atomic E-state index is -3.49. The predicted molar refractivity (Wildman–Crippen MR) is 111 cm³/mol. The number of aliphatic hydroxyl groups is 1. The van der Waals surface area contributed by atoms with Crippen molar-refractivity contribution in [2.45, 2.75) is 23.8 Å². The number of carbonyl (C=O) groups is 1. The Kier molecular flexibility index (Phi) is 6.66. The average Bonchev–Trinajstić information content (AvgIpc) is 3.04. The molecule has 1 aliphatic heterocycles. The van der Waals surface area contributed by atoms with Gasteiger partial charge in [0.15, 0.2) is 9.84 Å². The largest absolute Gasteiger partial charge is 0.491 e. The van der Waals surface area contributed by atoms with E-state index in [0.717, 1.165) is 5.56 Å². The van der Waals surface area contributed by atoms with Crippen LogP contribution in [0.5, 0.6) is 5.75 Å². The van der Waals surface area contributed by atoms with Crippen LogP contribution in [0.15, 0.2) is 48.5 Å². The molecule has 0 radical (unpaired) electrons. The van der Waals surface area contributed by atoms with Crippen LogP contribution in [0.3, 0.4) is 0 Å². The van der Waals surface area contributed by atoms with Crippen molar-refractivity contribution < 1.29 is 23.1 Å². The van der Waals surface area contributed by atoms with Crippen molar-refractivity contribution in [1.29, 1.82) is 0 Å². The standard InChI is InChI=1S/C20H23ClN2O5S/c1-29(26,27)18(13-5-4-6-14(11-13)28-10-9-24)12-17-19(23-20(25)22-17)15-7-2-3-8-16(15)21/h2-8,11,17-19,24H,9-10,12H2,1H3,(H2,22,23,25). The fourth-order valence-corrected chi connectivity index (χ4v) is 4.96. The number of nitrogens with one attached hydrogen (secondary N) is 2. The van der Waals surface area contributed by atoms with Crippen LogP contribution in [0, 0.1) is 0 Å². The number of hydrogen-bond acceptors (Lipinski definition) is 5. The number of aliphatic hydroxyl groups excluding tert-OH is 1. The second kappa shape index (κ2) is 9.02. The second-order valence-corrected chi connectivity index (χ2v) is 9.56. The van der Waals surface area contributed by atoms with Crippen LogP contribution in [0.25, 0.3) is 0 Å². The maximum Gasteiger partial charge on any atom is 0.315 e. The highest BCUT2D eigenvalue weighted by Crippen LogP contribution is 2.35. The summed E-state index contributed by atoms with van der Waals surface area (Å²) in [4.78, 5) is 12.0. The number of hydrogen-bond donors (Lipinski definition) is 3. The number of amides is 2. The van der Waals surface area contributed by atoms with Gasteiger partial charge in [-0.15, -0.1) is 0 Å². The Hall–Kier alpha value is -2.29. The normalized spacial score (nSPS) is 20.0. The van der Waals surface area contributed by atoms with Gasteiger partial charge in [0.05, 0.1) is 23.9 Å². The third-order valence-electron chi connectivity index (χ3n) is 4.82. The number of urea groups is 1. The van der Waals surface area contributed by atoms with E-state index in [2.05, 4.69) is 10.6 Å². The third-order valence-corrected chi connectivity index (χ3v) is 6.66. The third kappa shape index (κ3) is 5.20. The van der Waals surface area contributed by atoms with Crippen LogP contribution in [-0.4, -0.2) is 45.1 Å². The second-order valence-electron chi connectivity index (χ2n) is 6.92. The summed E-state index contributed by atoms with van der Waals surface area (Å²) in [7, 11) is -3.49. The summed E-state index contributed by atoms with van der Waals surface area (Å²) in [6.45, 7) is -0.0246. The van der Waals surface area contributed by atoms with Gasteiger partial charge in [-0.2, -0.15) is 0 Å². The molecule has 3 rings (SSSR count). The van der Waals surface area contributed by atoms with E-state index >= 15 is 0 Å². The first-order valence-electron chi connectivity index (χ1n) is 9.13. The van der Waals surface area contributed by atoms with Crippen molar-refractivity contribution in [1.82, 2.24) is 10.6 Å². The number of ether oxygens (including phenoxy) is 1. The molecule has 0 saturated carbocycles. The maximum atomic E-state index is 12.6. The molecular formula is C20H23ClN2O5S. The molecule has 9 heteroatoms. The smallest absolute Gasteiger partial charge is 0.315 e. The number of sulfone groups is 1. The molecule has 0 spiro atoms. The average molecular weight is 439 g/mol. The lowest BCUT2D eigenvalue weighted by atomic mass is 9.95. The minimum Gasteiger partial charge on any atom is -0.491 e. The monoisotopic (exact) mass is 438 g/mol. The van der Waals surface area contributed by atoms with Gasteiger partial charge in [-0.1, -0.05) is 41.9 Å². The molecule has 156 valence electrons. The number of rotatable bonds is 8. The van der Waals surface area contributed by atoms with Crippen LogP contribution >= 0.6 is 11.6 Å². The molecule has 2 aromatic rings. The first-order chi connectivity index (χ1) is 13.8. The summed E-state index contributed by atoms with van der Waals surface area (Å²) < 4.78 is 30.6. The Labute approximate surface area is 174 Å². The fraction of sp³-hybridized carbons (Fsp3) is 0.350. The van der Waals surface area contributed by atoms with Gasteiger partial charge in [0.2, 0.25) is 0 Å². The molecule has 7 nitrogen and oxygen atoms in total. The molecule has 1 aliphatic rings. The van der Waals surface area contributed by atoms with Crippen molar-refractivity contribution >= 4 is 27.5 Å². The van der Waals surface area contributed by atoms with Crippen molar-refractivity contribution in [2.24, 2.45) is 0 Å². The summed E-state index contributed by atoms with van der Waals surface area (Å²) in [5, 5.41) is 14.2. The van der Waals surface area contributed by atoms with E-state index in [4.69, 9.17) is 21.4 Å². The Morgan fingerprint density at radius 3 is 2.62 bits per heavy atom. The zero-order valence-electron chi connectivity index (χ0n) is 15.8. The van der Waals surface area contributed by atoms with Gasteiger partial charge < -0.3 is 20.5 Å². The summed E-state index contributed by atoms with van der Waals surface area (Å²) in [5.74, 6) is 0.474. The van der Waals surface area contributed by atoms with E-state index in [-0.39, 0.29) is 25.7 Å². The van der Waals surface area contributed by atoms with Crippen LogP contribution in [0.4, 0.5) is 4.79 Å². The van der Waals surface area contributed by atoms with Gasteiger partial charge >= 0.3 is 6.03 Å².